The van der Waals surface area contributed by atoms with Gasteiger partial charge in [-0.05, 0) is 43.2 Å². The van der Waals surface area contributed by atoms with Gasteiger partial charge in [0.05, 0.1) is 11.4 Å². The summed E-state index contributed by atoms with van der Waals surface area (Å²) in [5.74, 6) is -0.215. The van der Waals surface area contributed by atoms with Crippen molar-refractivity contribution in [1.82, 2.24) is 15.3 Å². The molecule has 2 amide bonds. The van der Waals surface area contributed by atoms with Crippen LogP contribution < -0.4 is 10.6 Å². The van der Waals surface area contributed by atoms with Crippen molar-refractivity contribution in [2.24, 2.45) is 5.92 Å². The minimum atomic E-state index is -0.170. The smallest absolute Gasteiger partial charge is 0.263 e. The van der Waals surface area contributed by atoms with Gasteiger partial charge in [0, 0.05) is 24.3 Å². The number of nitrogens with one attached hydrogen (secondary N) is 2. The van der Waals surface area contributed by atoms with Gasteiger partial charge in [-0.15, -0.1) is 11.3 Å². The van der Waals surface area contributed by atoms with Crippen LogP contribution in [0.3, 0.4) is 0 Å². The van der Waals surface area contributed by atoms with E-state index in [1.165, 1.54) is 11.3 Å². The Morgan fingerprint density at radius 3 is 2.72 bits per heavy atom. The first kappa shape index (κ1) is 20.7. The van der Waals surface area contributed by atoms with Gasteiger partial charge in [0.2, 0.25) is 5.91 Å². The molecule has 1 atom stereocenters. The fourth-order valence-electron chi connectivity index (χ4n) is 2.68. The van der Waals surface area contributed by atoms with Crippen LogP contribution in [-0.2, 0) is 11.3 Å². The third-order valence-corrected chi connectivity index (χ3v) is 5.77. The molecule has 0 aliphatic carbocycles. The third kappa shape index (κ3) is 5.26. The lowest BCUT2D eigenvalue weighted by Crippen LogP contribution is -2.23. The molecule has 2 heterocycles. The molecule has 0 bridgehead atoms. The van der Waals surface area contributed by atoms with Crippen LogP contribution in [0.1, 0.15) is 41.2 Å². The van der Waals surface area contributed by atoms with E-state index in [1.54, 1.807) is 6.20 Å². The Labute approximate surface area is 174 Å². The van der Waals surface area contributed by atoms with Gasteiger partial charge in [0.25, 0.3) is 5.91 Å². The van der Waals surface area contributed by atoms with E-state index in [1.807, 2.05) is 63.2 Å². The van der Waals surface area contributed by atoms with E-state index in [4.69, 9.17) is 0 Å². The molecular weight excluding hydrogens is 384 g/mol. The molecule has 0 radical (unpaired) electrons. The zero-order valence-electron chi connectivity index (χ0n) is 16.7. The van der Waals surface area contributed by atoms with Crippen molar-refractivity contribution in [3.05, 3.63) is 64.8 Å². The Morgan fingerprint density at radius 1 is 1.17 bits per heavy atom. The summed E-state index contributed by atoms with van der Waals surface area (Å²) in [6.07, 6.45) is 2.50. The van der Waals surface area contributed by atoms with Crippen LogP contribution in [0.4, 0.5) is 5.69 Å². The van der Waals surface area contributed by atoms with E-state index < -0.39 is 0 Å². The Hall–Kier alpha value is -3.06. The number of hydrogen-bond acceptors (Lipinski definition) is 5. The summed E-state index contributed by atoms with van der Waals surface area (Å²) in [6.45, 7) is 6.07. The van der Waals surface area contributed by atoms with E-state index >= 15 is 0 Å². The van der Waals surface area contributed by atoms with Crippen molar-refractivity contribution in [1.29, 1.82) is 0 Å². The fourth-order valence-corrected chi connectivity index (χ4v) is 3.64. The van der Waals surface area contributed by atoms with Gasteiger partial charge < -0.3 is 10.6 Å². The van der Waals surface area contributed by atoms with Crippen LogP contribution in [0.25, 0.3) is 10.7 Å². The number of carbonyl (C=O) groups excluding carboxylic acids is 2. The second-order valence-electron chi connectivity index (χ2n) is 6.83. The van der Waals surface area contributed by atoms with Crippen LogP contribution in [-0.4, -0.2) is 21.8 Å². The second-order valence-corrected chi connectivity index (χ2v) is 7.83. The van der Waals surface area contributed by atoms with E-state index in [2.05, 4.69) is 20.6 Å². The Kier molecular flexibility index (Phi) is 6.72. The molecule has 0 fully saturated rings. The lowest BCUT2D eigenvalue weighted by molar-refractivity contribution is -0.119. The molecule has 29 heavy (non-hydrogen) atoms. The Bertz CT molecular complexity index is 1000. The number of thiazole rings is 1. The summed E-state index contributed by atoms with van der Waals surface area (Å²) in [5, 5.41) is 6.58. The maximum Gasteiger partial charge on any atom is 0.263 e. The zero-order valence-corrected chi connectivity index (χ0v) is 17.5. The zero-order chi connectivity index (χ0) is 20.8. The van der Waals surface area contributed by atoms with Gasteiger partial charge in [-0.1, -0.05) is 32.0 Å². The molecule has 2 aromatic heterocycles. The molecule has 150 valence electrons. The average molecular weight is 409 g/mol. The Morgan fingerprint density at radius 2 is 2.00 bits per heavy atom. The largest absolute Gasteiger partial charge is 0.347 e. The van der Waals surface area contributed by atoms with Crippen molar-refractivity contribution in [3.63, 3.8) is 0 Å². The summed E-state index contributed by atoms with van der Waals surface area (Å²) in [4.78, 5) is 34.1. The van der Waals surface area contributed by atoms with E-state index in [0.29, 0.717) is 17.1 Å². The molecule has 3 rings (SSSR count). The highest BCUT2D eigenvalue weighted by molar-refractivity contribution is 7.17. The van der Waals surface area contributed by atoms with Crippen molar-refractivity contribution in [2.45, 2.75) is 33.7 Å². The third-order valence-electron chi connectivity index (χ3n) is 4.59. The predicted molar refractivity (Wildman–Crippen MR) is 116 cm³/mol. The molecule has 0 saturated heterocycles. The molecule has 0 aliphatic heterocycles. The first-order valence-electron chi connectivity index (χ1n) is 9.54. The molecule has 1 aromatic carbocycles. The van der Waals surface area contributed by atoms with Crippen LogP contribution in [0.2, 0.25) is 0 Å². The number of benzene rings is 1. The number of aromatic nitrogens is 2. The molecule has 0 aliphatic rings. The topological polar surface area (TPSA) is 84.0 Å². The summed E-state index contributed by atoms with van der Waals surface area (Å²) in [5.41, 5.74) is 3.08. The normalized spacial score (nSPS) is 11.7. The lowest BCUT2D eigenvalue weighted by Gasteiger charge is -2.11. The number of nitrogens with zero attached hydrogens (tertiary/aromatic N) is 2. The van der Waals surface area contributed by atoms with Crippen LogP contribution in [0, 0.1) is 12.8 Å². The molecule has 0 spiro atoms. The van der Waals surface area contributed by atoms with Crippen LogP contribution in [0.5, 0.6) is 0 Å². The fraction of sp³-hybridized carbons (Fsp3) is 0.273. The highest BCUT2D eigenvalue weighted by Gasteiger charge is 2.17. The summed E-state index contributed by atoms with van der Waals surface area (Å²) in [6, 6.07) is 13.1. The van der Waals surface area contributed by atoms with Gasteiger partial charge in [-0.2, -0.15) is 0 Å². The number of carbonyl (C=O) groups is 2. The van der Waals surface area contributed by atoms with Crippen molar-refractivity contribution < 1.29 is 9.59 Å². The lowest BCUT2D eigenvalue weighted by atomic mass is 10.1. The average Bonchev–Trinajstić information content (AvgIpc) is 3.14. The summed E-state index contributed by atoms with van der Waals surface area (Å²) < 4.78 is 0. The quantitative estimate of drug-likeness (QED) is 0.606. The molecule has 7 heteroatoms. The van der Waals surface area contributed by atoms with Gasteiger partial charge >= 0.3 is 0 Å². The number of rotatable bonds is 7. The highest BCUT2D eigenvalue weighted by atomic mass is 32.1. The molecule has 1 unspecified atom stereocenters. The minimum absolute atomic E-state index is 0.00368. The van der Waals surface area contributed by atoms with Crippen molar-refractivity contribution in [3.8, 4) is 10.7 Å². The number of hydrogen-bond donors (Lipinski definition) is 2. The number of pyridine rings is 1. The molecule has 0 saturated carbocycles. The SMILES string of the molecule is CCC(C)C(=O)Nc1cccc(CNC(=O)c2sc(-c3ccccn3)nc2C)c1. The van der Waals surface area contributed by atoms with Gasteiger partial charge in [0.15, 0.2) is 0 Å². The first-order chi connectivity index (χ1) is 14.0. The second kappa shape index (κ2) is 9.43. The van der Waals surface area contributed by atoms with Crippen molar-refractivity contribution in [2.75, 3.05) is 5.32 Å². The number of aryl methyl sites for hydroxylation is 1. The van der Waals surface area contributed by atoms with E-state index in [0.717, 1.165) is 28.4 Å². The standard InChI is InChI=1S/C22H24N4O2S/c1-4-14(2)20(27)26-17-9-7-8-16(12-17)13-24-21(28)19-15(3)25-22(29-19)18-10-5-6-11-23-18/h5-12,14H,4,13H2,1-3H3,(H,24,28)(H,26,27). The predicted octanol–water partition coefficient (Wildman–Crippen LogP) is 4.43. The van der Waals surface area contributed by atoms with Crippen LogP contribution >= 0.6 is 11.3 Å². The first-order valence-corrected chi connectivity index (χ1v) is 10.4. The molecular formula is C22H24N4O2S. The minimum Gasteiger partial charge on any atom is -0.347 e. The molecule has 3 aromatic rings. The summed E-state index contributed by atoms with van der Waals surface area (Å²) in [7, 11) is 0. The monoisotopic (exact) mass is 408 g/mol. The van der Waals surface area contributed by atoms with E-state index in [9.17, 15) is 9.59 Å². The van der Waals surface area contributed by atoms with Gasteiger partial charge in [0.1, 0.15) is 9.88 Å². The molecule has 2 N–H and O–H groups in total. The number of amides is 2. The van der Waals surface area contributed by atoms with E-state index in [-0.39, 0.29) is 17.7 Å². The van der Waals surface area contributed by atoms with Gasteiger partial charge in [-0.3, -0.25) is 14.6 Å². The van der Waals surface area contributed by atoms with Gasteiger partial charge in [-0.25, -0.2) is 4.98 Å². The number of anilines is 1. The summed E-state index contributed by atoms with van der Waals surface area (Å²) >= 11 is 1.33. The maximum atomic E-state index is 12.6. The van der Waals surface area contributed by atoms with Crippen molar-refractivity contribution >= 4 is 28.8 Å². The highest BCUT2D eigenvalue weighted by Crippen LogP contribution is 2.26. The Balaban J connectivity index is 1.65. The molecule has 6 nitrogen and oxygen atoms in total. The maximum absolute atomic E-state index is 12.6. The van der Waals surface area contributed by atoms with Crippen LogP contribution in [0.15, 0.2) is 48.7 Å².